The lowest BCUT2D eigenvalue weighted by Gasteiger charge is -2.22. The van der Waals surface area contributed by atoms with Gasteiger partial charge in [0.25, 0.3) is 0 Å². The molecular formula is C48H32N4S. The molecule has 10 aromatic rings. The van der Waals surface area contributed by atoms with Crippen LogP contribution in [0.15, 0.2) is 158 Å². The minimum Gasteiger partial charge on any atom is -0.309 e. The van der Waals surface area contributed by atoms with Crippen LogP contribution in [0.3, 0.4) is 0 Å². The highest BCUT2D eigenvalue weighted by atomic mass is 32.1. The quantitative estimate of drug-likeness (QED) is 0.184. The molecule has 3 heterocycles. The van der Waals surface area contributed by atoms with Crippen molar-refractivity contribution in [2.24, 2.45) is 0 Å². The highest BCUT2D eigenvalue weighted by Gasteiger charge is 2.38. The first-order valence-electron chi connectivity index (χ1n) is 18.0. The van der Waals surface area contributed by atoms with E-state index < -0.39 is 0 Å². The van der Waals surface area contributed by atoms with Gasteiger partial charge in [0.05, 0.1) is 11.0 Å². The maximum atomic E-state index is 5.25. The number of thiophene rings is 1. The van der Waals surface area contributed by atoms with Crippen LogP contribution in [0, 0.1) is 0 Å². The van der Waals surface area contributed by atoms with E-state index >= 15 is 0 Å². The molecule has 3 aromatic heterocycles. The monoisotopic (exact) mass is 696 g/mol. The molecule has 5 heteroatoms. The molecule has 0 saturated carbocycles. The van der Waals surface area contributed by atoms with E-state index in [2.05, 4.69) is 140 Å². The molecule has 0 fully saturated rings. The van der Waals surface area contributed by atoms with Gasteiger partial charge in [-0.15, -0.1) is 11.3 Å². The van der Waals surface area contributed by atoms with Gasteiger partial charge in [0, 0.05) is 58.7 Å². The van der Waals surface area contributed by atoms with Crippen molar-refractivity contribution >= 4 is 53.3 Å². The van der Waals surface area contributed by atoms with E-state index in [1.807, 2.05) is 47.7 Å². The Hall–Kier alpha value is -6.43. The second-order valence-electron chi connectivity index (χ2n) is 14.4. The number of para-hydroxylation sites is 1. The zero-order valence-electron chi connectivity index (χ0n) is 29.2. The van der Waals surface area contributed by atoms with E-state index in [4.69, 9.17) is 15.0 Å². The summed E-state index contributed by atoms with van der Waals surface area (Å²) < 4.78 is 4.89. The third kappa shape index (κ3) is 4.44. The maximum Gasteiger partial charge on any atom is 0.164 e. The number of hydrogen-bond acceptors (Lipinski definition) is 4. The second kappa shape index (κ2) is 11.3. The Morgan fingerprint density at radius 1 is 0.472 bits per heavy atom. The molecular weight excluding hydrogens is 665 g/mol. The summed E-state index contributed by atoms with van der Waals surface area (Å²) in [5.41, 5.74) is 11.7. The number of benzene rings is 7. The van der Waals surface area contributed by atoms with Crippen LogP contribution in [0.25, 0.3) is 93.0 Å². The summed E-state index contributed by atoms with van der Waals surface area (Å²) >= 11 is 1.82. The van der Waals surface area contributed by atoms with E-state index in [0.717, 1.165) is 27.8 Å². The van der Waals surface area contributed by atoms with Crippen molar-refractivity contribution in [1.82, 2.24) is 19.5 Å². The highest BCUT2D eigenvalue weighted by Crippen LogP contribution is 2.53. The third-order valence-electron chi connectivity index (χ3n) is 11.0. The lowest BCUT2D eigenvalue weighted by atomic mass is 9.80. The lowest BCUT2D eigenvalue weighted by molar-refractivity contribution is 0.666. The van der Waals surface area contributed by atoms with Crippen molar-refractivity contribution in [1.29, 1.82) is 0 Å². The van der Waals surface area contributed by atoms with E-state index in [9.17, 15) is 0 Å². The summed E-state index contributed by atoms with van der Waals surface area (Å²) in [4.78, 5) is 15.5. The van der Waals surface area contributed by atoms with E-state index in [-0.39, 0.29) is 5.41 Å². The Morgan fingerprint density at radius 3 is 1.85 bits per heavy atom. The van der Waals surface area contributed by atoms with E-state index in [1.54, 1.807) is 0 Å². The number of nitrogens with zero attached hydrogens (tertiary/aromatic N) is 4. The molecule has 0 saturated heterocycles. The molecule has 0 spiro atoms. The summed E-state index contributed by atoms with van der Waals surface area (Å²) in [6.07, 6.45) is 0. The standard InChI is InChI=1S/C48H32N4S/c1-48(2)37-22-12-9-19-32(37)33-25-26-39-43(44(33)48)34-20-10-13-23-38(34)52(39)31-27-36(42-35-21-11-14-24-40(35)53-41(42)28-31)47-50-45(29-15-5-3-6-16-29)49-46(51-47)30-17-7-4-8-18-30/h3-28H,1-2H3. The molecule has 7 aromatic carbocycles. The molecule has 4 nitrogen and oxygen atoms in total. The molecule has 1 aliphatic carbocycles. The summed E-state index contributed by atoms with van der Waals surface area (Å²) in [6, 6.07) is 56.2. The molecule has 0 unspecified atom stereocenters. The minimum atomic E-state index is -0.145. The third-order valence-corrected chi connectivity index (χ3v) is 12.1. The van der Waals surface area contributed by atoms with Gasteiger partial charge in [0.15, 0.2) is 17.5 Å². The van der Waals surface area contributed by atoms with Crippen LogP contribution >= 0.6 is 11.3 Å². The fourth-order valence-corrected chi connectivity index (χ4v) is 9.85. The van der Waals surface area contributed by atoms with Crippen molar-refractivity contribution in [2.45, 2.75) is 19.3 Å². The molecule has 0 radical (unpaired) electrons. The molecule has 0 N–H and O–H groups in total. The van der Waals surface area contributed by atoms with Gasteiger partial charge >= 0.3 is 0 Å². The van der Waals surface area contributed by atoms with Crippen LogP contribution in [0.4, 0.5) is 0 Å². The van der Waals surface area contributed by atoms with Gasteiger partial charge in [-0.2, -0.15) is 0 Å². The first-order chi connectivity index (χ1) is 26.0. The van der Waals surface area contributed by atoms with Gasteiger partial charge in [0.1, 0.15) is 0 Å². The lowest BCUT2D eigenvalue weighted by Crippen LogP contribution is -2.15. The summed E-state index contributed by atoms with van der Waals surface area (Å²) in [7, 11) is 0. The molecule has 0 amide bonds. The van der Waals surface area contributed by atoms with Crippen LogP contribution < -0.4 is 0 Å². The van der Waals surface area contributed by atoms with Gasteiger partial charge in [-0.1, -0.05) is 141 Å². The van der Waals surface area contributed by atoms with Crippen molar-refractivity contribution in [3.63, 3.8) is 0 Å². The Labute approximate surface area is 310 Å². The molecule has 0 atom stereocenters. The van der Waals surface area contributed by atoms with Crippen LogP contribution in [-0.2, 0) is 5.41 Å². The fraction of sp³-hybridized carbons (Fsp3) is 0.0625. The number of hydrogen-bond donors (Lipinski definition) is 0. The SMILES string of the molecule is CC1(C)c2ccccc2-c2ccc3c(c21)c1ccccc1n3-c1cc(-c2nc(-c3ccccc3)nc(-c3ccccc3)n2)c2c(c1)sc1ccccc12. The van der Waals surface area contributed by atoms with Gasteiger partial charge in [-0.3, -0.25) is 0 Å². The topological polar surface area (TPSA) is 43.6 Å². The van der Waals surface area contributed by atoms with Crippen molar-refractivity contribution in [3.8, 4) is 51.0 Å². The van der Waals surface area contributed by atoms with Crippen LogP contribution in [0.2, 0.25) is 0 Å². The van der Waals surface area contributed by atoms with Crippen molar-refractivity contribution < 1.29 is 0 Å². The molecule has 11 rings (SSSR count). The normalized spacial score (nSPS) is 13.2. The highest BCUT2D eigenvalue weighted by molar-refractivity contribution is 7.26. The van der Waals surface area contributed by atoms with E-state index in [0.29, 0.717) is 17.5 Å². The molecule has 250 valence electrons. The smallest absolute Gasteiger partial charge is 0.164 e. The van der Waals surface area contributed by atoms with Crippen molar-refractivity contribution in [2.75, 3.05) is 0 Å². The van der Waals surface area contributed by atoms with Gasteiger partial charge < -0.3 is 4.57 Å². The molecule has 53 heavy (non-hydrogen) atoms. The minimum absolute atomic E-state index is 0.145. The second-order valence-corrected chi connectivity index (χ2v) is 15.5. The Bertz CT molecular complexity index is 3020. The molecule has 0 bridgehead atoms. The zero-order valence-corrected chi connectivity index (χ0v) is 30.0. The number of fused-ring (bicyclic) bond motifs is 10. The van der Waals surface area contributed by atoms with Gasteiger partial charge in [-0.05, 0) is 52.6 Å². The summed E-state index contributed by atoms with van der Waals surface area (Å²) in [6.45, 7) is 4.75. The fourth-order valence-electron chi connectivity index (χ4n) is 8.68. The average molecular weight is 697 g/mol. The zero-order chi connectivity index (χ0) is 35.3. The van der Waals surface area contributed by atoms with E-state index in [1.165, 1.54) is 58.8 Å². The Balaban J connectivity index is 1.24. The Morgan fingerprint density at radius 2 is 1.09 bits per heavy atom. The first kappa shape index (κ1) is 30.2. The van der Waals surface area contributed by atoms with Crippen LogP contribution in [-0.4, -0.2) is 19.5 Å². The average Bonchev–Trinajstić information content (AvgIpc) is 3.83. The largest absolute Gasteiger partial charge is 0.309 e. The van der Waals surface area contributed by atoms with Gasteiger partial charge in [-0.25, -0.2) is 15.0 Å². The Kier molecular flexibility index (Phi) is 6.43. The first-order valence-corrected chi connectivity index (χ1v) is 18.9. The maximum absolute atomic E-state index is 5.25. The van der Waals surface area contributed by atoms with Crippen LogP contribution in [0.1, 0.15) is 25.0 Å². The van der Waals surface area contributed by atoms with Crippen molar-refractivity contribution in [3.05, 3.63) is 169 Å². The number of rotatable bonds is 4. The predicted octanol–water partition coefficient (Wildman–Crippen LogP) is 12.6. The molecule has 1 aliphatic rings. The molecule has 0 aliphatic heterocycles. The number of aromatic nitrogens is 4. The summed E-state index contributed by atoms with van der Waals surface area (Å²) in [5, 5.41) is 4.94. The van der Waals surface area contributed by atoms with Gasteiger partial charge in [0.2, 0.25) is 0 Å². The summed E-state index contributed by atoms with van der Waals surface area (Å²) in [5.74, 6) is 1.97. The predicted molar refractivity (Wildman–Crippen MR) is 221 cm³/mol. The van der Waals surface area contributed by atoms with Crippen LogP contribution in [0.5, 0.6) is 0 Å².